The lowest BCUT2D eigenvalue weighted by Gasteiger charge is -2.07. The minimum absolute atomic E-state index is 0.417. The summed E-state index contributed by atoms with van der Waals surface area (Å²) in [5.41, 5.74) is 5.23. The molecule has 0 aliphatic carbocycles. The molecule has 124 valence electrons. The Morgan fingerprint density at radius 1 is 1.17 bits per heavy atom. The van der Waals surface area contributed by atoms with E-state index in [1.54, 1.807) is 17.6 Å². The Morgan fingerprint density at radius 2 is 1.88 bits per heavy atom. The fourth-order valence-corrected chi connectivity index (χ4v) is 2.73. The van der Waals surface area contributed by atoms with Crippen LogP contribution in [0.2, 0.25) is 0 Å². The van der Waals surface area contributed by atoms with Crippen LogP contribution >= 0.6 is 0 Å². The first-order chi connectivity index (χ1) is 11.6. The van der Waals surface area contributed by atoms with Crippen molar-refractivity contribution in [3.8, 4) is 0 Å². The maximum absolute atomic E-state index is 11.4. The average Bonchev–Trinajstić information content (AvgIpc) is 2.92. The zero-order valence-electron chi connectivity index (χ0n) is 13.7. The van der Waals surface area contributed by atoms with Gasteiger partial charge in [0.05, 0.1) is 17.8 Å². The largest absolute Gasteiger partial charge is 0.303 e. The third-order valence-electron chi connectivity index (χ3n) is 3.85. The highest BCUT2D eigenvalue weighted by molar-refractivity contribution is 5.93. The normalized spacial score (nSPS) is 11.2. The number of carbonyl (C=O) groups is 1. The van der Waals surface area contributed by atoms with Gasteiger partial charge in [-0.05, 0) is 37.9 Å². The molecule has 0 unspecified atom stereocenters. The molecule has 0 atom stereocenters. The molecule has 0 saturated carbocycles. The van der Waals surface area contributed by atoms with Gasteiger partial charge in [-0.15, -0.1) is 0 Å². The van der Waals surface area contributed by atoms with Gasteiger partial charge in [0.25, 0.3) is 5.91 Å². The van der Waals surface area contributed by atoms with E-state index in [4.69, 9.17) is 10.3 Å². The third-order valence-corrected chi connectivity index (χ3v) is 3.85. The molecule has 0 bridgehead atoms. The molecule has 2 N–H and O–H groups in total. The molecule has 0 aliphatic rings. The third kappa shape index (κ3) is 3.29. The van der Waals surface area contributed by atoms with Crippen LogP contribution in [0.5, 0.6) is 0 Å². The summed E-state index contributed by atoms with van der Waals surface area (Å²) in [5, 5.41) is 14.6. The quantitative estimate of drug-likeness (QED) is 0.558. The van der Waals surface area contributed by atoms with Crippen molar-refractivity contribution in [2.45, 2.75) is 13.1 Å². The van der Waals surface area contributed by atoms with Gasteiger partial charge in [-0.2, -0.15) is 5.10 Å². The summed E-state index contributed by atoms with van der Waals surface area (Å²) >= 11 is 0. The van der Waals surface area contributed by atoms with Gasteiger partial charge in [0, 0.05) is 17.5 Å². The Bertz CT molecular complexity index is 853. The van der Waals surface area contributed by atoms with Crippen molar-refractivity contribution in [2.24, 2.45) is 0 Å². The molecule has 6 nitrogen and oxygen atoms in total. The number of hydrogen-bond donors (Lipinski definition) is 2. The van der Waals surface area contributed by atoms with E-state index in [1.807, 2.05) is 43.0 Å². The molecule has 0 radical (unpaired) electrons. The fourth-order valence-electron chi connectivity index (χ4n) is 2.73. The molecule has 0 aliphatic heterocycles. The summed E-state index contributed by atoms with van der Waals surface area (Å²) in [6.07, 6.45) is 0. The molecule has 3 rings (SSSR count). The minimum Gasteiger partial charge on any atom is -0.303 e. The van der Waals surface area contributed by atoms with Crippen LogP contribution in [0.15, 0.2) is 48.5 Å². The van der Waals surface area contributed by atoms with E-state index in [1.165, 1.54) is 0 Å². The van der Waals surface area contributed by atoms with Crippen molar-refractivity contribution < 1.29 is 10.0 Å². The van der Waals surface area contributed by atoms with Crippen LogP contribution in [0, 0.1) is 0 Å². The van der Waals surface area contributed by atoms with E-state index >= 15 is 0 Å². The molecule has 2 aromatic carbocycles. The molecule has 1 heterocycles. The first-order valence-electron chi connectivity index (χ1n) is 7.71. The van der Waals surface area contributed by atoms with Gasteiger partial charge in [0.1, 0.15) is 0 Å². The van der Waals surface area contributed by atoms with Crippen molar-refractivity contribution in [3.63, 3.8) is 0 Å². The van der Waals surface area contributed by atoms with E-state index in [9.17, 15) is 4.79 Å². The number of nitrogens with zero attached hydrogens (tertiary/aromatic N) is 3. The highest BCUT2D eigenvalue weighted by Crippen LogP contribution is 2.20. The maximum Gasteiger partial charge on any atom is 0.274 e. The lowest BCUT2D eigenvalue weighted by Crippen LogP contribution is -2.18. The van der Waals surface area contributed by atoms with Gasteiger partial charge < -0.3 is 4.90 Å². The van der Waals surface area contributed by atoms with Crippen molar-refractivity contribution in [3.05, 3.63) is 65.4 Å². The summed E-state index contributed by atoms with van der Waals surface area (Å²) in [5.74, 6) is -0.514. The standard InChI is InChI=1S/C18H20N4O2/c1-21(2)12-16-15-5-3-4-6-17(15)22(19-16)11-13-7-9-14(10-8-13)18(23)20-24/h3-10,24H,11-12H2,1-2H3,(H,20,23). The van der Waals surface area contributed by atoms with Crippen LogP contribution in [0.3, 0.4) is 0 Å². The second-order valence-electron chi connectivity index (χ2n) is 6.00. The number of fused-ring (bicyclic) bond motifs is 1. The highest BCUT2D eigenvalue weighted by Gasteiger charge is 2.11. The zero-order chi connectivity index (χ0) is 17.1. The number of nitrogens with one attached hydrogen (secondary N) is 1. The van der Waals surface area contributed by atoms with E-state index < -0.39 is 5.91 Å². The number of rotatable bonds is 5. The van der Waals surface area contributed by atoms with Crippen LogP contribution in [-0.2, 0) is 13.1 Å². The highest BCUT2D eigenvalue weighted by atomic mass is 16.5. The number of para-hydroxylation sites is 1. The number of benzene rings is 2. The van der Waals surface area contributed by atoms with Crippen LogP contribution in [0.25, 0.3) is 10.9 Å². The summed E-state index contributed by atoms with van der Waals surface area (Å²) in [6.45, 7) is 1.40. The van der Waals surface area contributed by atoms with Crippen LogP contribution < -0.4 is 5.48 Å². The maximum atomic E-state index is 11.4. The van der Waals surface area contributed by atoms with Crippen LogP contribution in [0.4, 0.5) is 0 Å². The summed E-state index contributed by atoms with van der Waals surface area (Å²) in [7, 11) is 4.05. The zero-order valence-corrected chi connectivity index (χ0v) is 13.7. The Labute approximate surface area is 140 Å². The predicted octanol–water partition coefficient (Wildman–Crippen LogP) is 2.27. The SMILES string of the molecule is CN(C)Cc1nn(Cc2ccc(C(=O)NO)cc2)c2ccccc12. The molecular formula is C18H20N4O2. The predicted molar refractivity (Wildman–Crippen MR) is 91.9 cm³/mol. The molecule has 6 heteroatoms. The molecule has 3 aromatic rings. The van der Waals surface area contributed by atoms with Crippen LogP contribution in [-0.4, -0.2) is 39.9 Å². The first-order valence-corrected chi connectivity index (χ1v) is 7.71. The smallest absolute Gasteiger partial charge is 0.274 e. The van der Waals surface area contributed by atoms with E-state index in [-0.39, 0.29) is 0 Å². The molecule has 1 aromatic heterocycles. The molecule has 0 saturated heterocycles. The topological polar surface area (TPSA) is 70.4 Å². The number of carbonyl (C=O) groups excluding carboxylic acids is 1. The van der Waals surface area contributed by atoms with Gasteiger partial charge in [-0.25, -0.2) is 5.48 Å². The number of hydroxylamine groups is 1. The monoisotopic (exact) mass is 324 g/mol. The van der Waals surface area contributed by atoms with Crippen molar-refractivity contribution in [1.82, 2.24) is 20.2 Å². The Morgan fingerprint density at radius 3 is 2.54 bits per heavy atom. The van der Waals surface area contributed by atoms with Gasteiger partial charge in [0.2, 0.25) is 0 Å². The summed E-state index contributed by atoms with van der Waals surface area (Å²) in [6, 6.07) is 15.3. The Balaban J connectivity index is 1.91. The lowest BCUT2D eigenvalue weighted by atomic mass is 10.1. The minimum atomic E-state index is -0.514. The van der Waals surface area contributed by atoms with Gasteiger partial charge in [0.15, 0.2) is 0 Å². The van der Waals surface area contributed by atoms with E-state index in [0.717, 1.165) is 28.7 Å². The van der Waals surface area contributed by atoms with Crippen molar-refractivity contribution >= 4 is 16.8 Å². The van der Waals surface area contributed by atoms with E-state index in [0.29, 0.717) is 12.1 Å². The molecule has 24 heavy (non-hydrogen) atoms. The molecule has 0 fully saturated rings. The van der Waals surface area contributed by atoms with Gasteiger partial charge in [-0.3, -0.25) is 14.7 Å². The van der Waals surface area contributed by atoms with Gasteiger partial charge in [-0.1, -0.05) is 30.3 Å². The van der Waals surface area contributed by atoms with E-state index in [2.05, 4.69) is 17.0 Å². The van der Waals surface area contributed by atoms with Crippen molar-refractivity contribution in [1.29, 1.82) is 0 Å². The average molecular weight is 324 g/mol. The summed E-state index contributed by atoms with van der Waals surface area (Å²) in [4.78, 5) is 13.5. The molecule has 0 spiro atoms. The molecular weight excluding hydrogens is 304 g/mol. The number of hydrogen-bond acceptors (Lipinski definition) is 4. The van der Waals surface area contributed by atoms with Crippen molar-refractivity contribution in [2.75, 3.05) is 14.1 Å². The summed E-state index contributed by atoms with van der Waals surface area (Å²) < 4.78 is 1.98. The first kappa shape index (κ1) is 16.2. The lowest BCUT2D eigenvalue weighted by molar-refractivity contribution is 0.0706. The van der Waals surface area contributed by atoms with Gasteiger partial charge >= 0.3 is 0 Å². The second-order valence-corrected chi connectivity index (χ2v) is 6.00. The van der Waals surface area contributed by atoms with Crippen LogP contribution in [0.1, 0.15) is 21.6 Å². The Kier molecular flexibility index (Phi) is 4.59. The Hall–Kier alpha value is -2.70. The molecule has 1 amide bonds. The fraction of sp³-hybridized carbons (Fsp3) is 0.222. The second kappa shape index (κ2) is 6.82. The number of amides is 1. The number of aromatic nitrogens is 2.